The van der Waals surface area contributed by atoms with Gasteiger partial charge in [-0.15, -0.1) is 0 Å². The Balaban J connectivity index is 2.31. The number of aryl methyl sites for hydroxylation is 1. The third kappa shape index (κ3) is 7.31. The second-order valence-corrected chi connectivity index (χ2v) is 9.40. The zero-order chi connectivity index (χ0) is 24.7. The monoisotopic (exact) mass is 448 g/mol. The van der Waals surface area contributed by atoms with Gasteiger partial charge in [0.15, 0.2) is 0 Å². The first-order valence-corrected chi connectivity index (χ1v) is 11.8. The van der Waals surface area contributed by atoms with Crippen molar-refractivity contribution in [2.75, 3.05) is 20.2 Å². The predicted octanol–water partition coefficient (Wildman–Crippen LogP) is 7.20. The Labute approximate surface area is 200 Å². The number of methoxy groups -OCH3 is 1. The quantitative estimate of drug-likeness (QED) is 0.251. The van der Waals surface area contributed by atoms with Crippen molar-refractivity contribution in [3.05, 3.63) is 76.6 Å². The van der Waals surface area contributed by atoms with E-state index in [0.29, 0.717) is 17.4 Å². The minimum absolute atomic E-state index is 0.0999. The fourth-order valence-corrected chi connectivity index (χ4v) is 3.69. The van der Waals surface area contributed by atoms with Gasteiger partial charge in [-0.2, -0.15) is 0 Å². The molecular weight excluding hydrogens is 408 g/mol. The van der Waals surface area contributed by atoms with Gasteiger partial charge in [-0.3, -0.25) is 9.79 Å². The SMILES string of the molecule is C=C(C)C(=C\C=C(/C)OC)/C=C(\C)C(C)=Nc1cc(C(=O)N2CCC(C)C(C)C2)ccc1C. The molecule has 0 N–H and O–H groups in total. The first-order chi connectivity index (χ1) is 15.5. The number of likely N-dealkylation sites (tertiary alicyclic amines) is 1. The first-order valence-electron chi connectivity index (χ1n) is 11.8. The highest BCUT2D eigenvalue weighted by Gasteiger charge is 2.26. The van der Waals surface area contributed by atoms with Gasteiger partial charge >= 0.3 is 0 Å². The van der Waals surface area contributed by atoms with Gasteiger partial charge < -0.3 is 9.64 Å². The van der Waals surface area contributed by atoms with Gasteiger partial charge in [-0.25, -0.2) is 0 Å². The zero-order valence-corrected chi connectivity index (χ0v) is 21.7. The molecule has 0 aromatic heterocycles. The average Bonchev–Trinajstić information content (AvgIpc) is 2.78. The fraction of sp³-hybridized carbons (Fsp3) is 0.448. The number of benzene rings is 1. The number of allylic oxidation sites excluding steroid dienone is 7. The summed E-state index contributed by atoms with van der Waals surface area (Å²) in [6, 6.07) is 5.84. The number of amides is 1. The maximum Gasteiger partial charge on any atom is 0.253 e. The van der Waals surface area contributed by atoms with E-state index in [4.69, 9.17) is 9.73 Å². The van der Waals surface area contributed by atoms with Crippen LogP contribution < -0.4 is 0 Å². The minimum Gasteiger partial charge on any atom is -0.501 e. The lowest BCUT2D eigenvalue weighted by Crippen LogP contribution is -2.42. The Hall–Kier alpha value is -2.88. The molecule has 4 nitrogen and oxygen atoms in total. The molecule has 0 radical (unpaired) electrons. The van der Waals surface area contributed by atoms with E-state index in [1.807, 2.05) is 69.9 Å². The van der Waals surface area contributed by atoms with Crippen molar-refractivity contribution in [1.82, 2.24) is 4.90 Å². The van der Waals surface area contributed by atoms with Crippen molar-refractivity contribution in [2.24, 2.45) is 16.8 Å². The van der Waals surface area contributed by atoms with E-state index >= 15 is 0 Å². The van der Waals surface area contributed by atoms with Crippen molar-refractivity contribution in [3.8, 4) is 0 Å². The van der Waals surface area contributed by atoms with Crippen molar-refractivity contribution in [2.45, 2.75) is 54.9 Å². The van der Waals surface area contributed by atoms with Gasteiger partial charge in [0.25, 0.3) is 5.91 Å². The van der Waals surface area contributed by atoms with E-state index in [0.717, 1.165) is 59.0 Å². The zero-order valence-electron chi connectivity index (χ0n) is 21.7. The van der Waals surface area contributed by atoms with Crippen LogP contribution in [0.3, 0.4) is 0 Å². The molecule has 0 spiro atoms. The van der Waals surface area contributed by atoms with Crippen LogP contribution in [0.5, 0.6) is 0 Å². The smallest absolute Gasteiger partial charge is 0.253 e. The summed E-state index contributed by atoms with van der Waals surface area (Å²) >= 11 is 0. The second kappa shape index (κ2) is 11.8. The lowest BCUT2D eigenvalue weighted by molar-refractivity contribution is 0.0627. The molecule has 33 heavy (non-hydrogen) atoms. The molecule has 2 atom stereocenters. The molecular formula is C29H40N2O2. The molecule has 1 aromatic rings. The van der Waals surface area contributed by atoms with Gasteiger partial charge in [-0.05, 0) is 93.9 Å². The molecule has 1 aromatic carbocycles. The van der Waals surface area contributed by atoms with Crippen LogP contribution in [-0.4, -0.2) is 36.7 Å². The fourth-order valence-electron chi connectivity index (χ4n) is 3.69. The maximum absolute atomic E-state index is 13.1. The Morgan fingerprint density at radius 3 is 2.45 bits per heavy atom. The lowest BCUT2D eigenvalue weighted by atomic mass is 9.88. The van der Waals surface area contributed by atoms with Crippen LogP contribution >= 0.6 is 0 Å². The van der Waals surface area contributed by atoms with Crippen LogP contribution in [-0.2, 0) is 4.74 Å². The largest absolute Gasteiger partial charge is 0.501 e. The Bertz CT molecular complexity index is 1010. The summed E-state index contributed by atoms with van der Waals surface area (Å²) in [5, 5.41) is 0. The van der Waals surface area contributed by atoms with Crippen LogP contribution in [0.15, 0.2) is 70.5 Å². The van der Waals surface area contributed by atoms with Gasteiger partial charge in [0, 0.05) is 24.4 Å². The molecule has 1 amide bonds. The van der Waals surface area contributed by atoms with Crippen molar-refractivity contribution < 1.29 is 9.53 Å². The number of carbonyl (C=O) groups is 1. The highest BCUT2D eigenvalue weighted by Crippen LogP contribution is 2.26. The summed E-state index contributed by atoms with van der Waals surface area (Å²) in [7, 11) is 1.66. The number of rotatable bonds is 7. The lowest BCUT2D eigenvalue weighted by Gasteiger charge is -2.35. The van der Waals surface area contributed by atoms with E-state index in [2.05, 4.69) is 26.5 Å². The van der Waals surface area contributed by atoms with Gasteiger partial charge in [0.2, 0.25) is 0 Å². The van der Waals surface area contributed by atoms with Crippen LogP contribution in [0, 0.1) is 18.8 Å². The number of nitrogens with zero attached hydrogens (tertiary/aromatic N) is 2. The number of hydrogen-bond acceptors (Lipinski definition) is 3. The molecule has 0 bridgehead atoms. The summed E-state index contributed by atoms with van der Waals surface area (Å²) in [5.74, 6) is 2.12. The highest BCUT2D eigenvalue weighted by atomic mass is 16.5. The molecule has 0 saturated carbocycles. The van der Waals surface area contributed by atoms with Crippen molar-refractivity contribution in [1.29, 1.82) is 0 Å². The topological polar surface area (TPSA) is 41.9 Å². The van der Waals surface area contributed by atoms with E-state index in [-0.39, 0.29) is 5.91 Å². The second-order valence-electron chi connectivity index (χ2n) is 9.40. The third-order valence-electron chi connectivity index (χ3n) is 6.62. The van der Waals surface area contributed by atoms with Crippen LogP contribution in [0.1, 0.15) is 63.9 Å². The number of hydrogen-bond donors (Lipinski definition) is 0. The summed E-state index contributed by atoms with van der Waals surface area (Å²) in [4.78, 5) is 20.0. The summed E-state index contributed by atoms with van der Waals surface area (Å²) in [5.41, 5.74) is 6.53. The Kier molecular flexibility index (Phi) is 9.45. The average molecular weight is 449 g/mol. The van der Waals surface area contributed by atoms with Gasteiger partial charge in [0.1, 0.15) is 0 Å². The minimum atomic E-state index is 0.0999. The summed E-state index contributed by atoms with van der Waals surface area (Å²) in [6.45, 7) is 20.2. The molecule has 1 fully saturated rings. The normalized spacial score (nSPS) is 20.7. The predicted molar refractivity (Wildman–Crippen MR) is 140 cm³/mol. The van der Waals surface area contributed by atoms with E-state index in [1.165, 1.54) is 0 Å². The third-order valence-corrected chi connectivity index (χ3v) is 6.62. The van der Waals surface area contributed by atoms with E-state index in [9.17, 15) is 4.79 Å². The van der Waals surface area contributed by atoms with Crippen molar-refractivity contribution >= 4 is 17.3 Å². The summed E-state index contributed by atoms with van der Waals surface area (Å²) < 4.78 is 5.22. The molecule has 178 valence electrons. The number of piperidine rings is 1. The maximum atomic E-state index is 13.1. The molecule has 2 unspecified atom stereocenters. The van der Waals surface area contributed by atoms with Crippen LogP contribution in [0.25, 0.3) is 0 Å². The van der Waals surface area contributed by atoms with Crippen molar-refractivity contribution in [3.63, 3.8) is 0 Å². The highest BCUT2D eigenvalue weighted by molar-refractivity contribution is 6.01. The Morgan fingerprint density at radius 1 is 1.15 bits per heavy atom. The Morgan fingerprint density at radius 2 is 1.85 bits per heavy atom. The summed E-state index contributed by atoms with van der Waals surface area (Å²) in [6.07, 6.45) is 7.08. The van der Waals surface area contributed by atoms with Gasteiger partial charge in [0.05, 0.1) is 18.6 Å². The van der Waals surface area contributed by atoms with Crippen LogP contribution in [0.4, 0.5) is 5.69 Å². The van der Waals surface area contributed by atoms with E-state index in [1.54, 1.807) is 7.11 Å². The molecule has 1 saturated heterocycles. The van der Waals surface area contributed by atoms with Crippen LogP contribution in [0.2, 0.25) is 0 Å². The molecule has 1 aliphatic heterocycles. The first kappa shape index (κ1) is 26.4. The molecule has 1 heterocycles. The molecule has 2 rings (SSSR count). The molecule has 1 aliphatic rings. The number of carbonyl (C=O) groups excluding carboxylic acids is 1. The van der Waals surface area contributed by atoms with Gasteiger partial charge in [-0.1, -0.05) is 38.1 Å². The molecule has 4 heteroatoms. The number of ether oxygens (including phenoxy) is 1. The molecule has 0 aliphatic carbocycles. The van der Waals surface area contributed by atoms with E-state index < -0.39 is 0 Å². The number of aliphatic imine (C=N–C) groups is 1. The standard InChI is InChI=1S/C29H40N2O2/c1-19(2)26(13-11-24(7)33-9)16-22(5)25(8)30-28-17-27(12-10-21(28)4)29(32)31-15-14-20(3)23(6)18-31/h10-13,16-17,20,23H,1,14-15,18H2,2-9H3/b22-16+,24-11+,26-13-,30-25?.